The molecule has 0 bridgehead atoms. The molecule has 2 amide bonds. The first kappa shape index (κ1) is 15.0. The maximum absolute atomic E-state index is 11.6. The molecule has 0 heterocycles. The lowest BCUT2D eigenvalue weighted by atomic mass is 10.3. The van der Waals surface area contributed by atoms with Crippen molar-refractivity contribution in [3.05, 3.63) is 24.3 Å². The summed E-state index contributed by atoms with van der Waals surface area (Å²) in [6, 6.07) is 7.05. The third kappa shape index (κ3) is 5.87. The molecule has 0 aromatic heterocycles. The monoisotopic (exact) mass is 265 g/mol. The van der Waals surface area contributed by atoms with Gasteiger partial charge in [-0.2, -0.15) is 0 Å². The van der Waals surface area contributed by atoms with Gasteiger partial charge in [0, 0.05) is 0 Å². The van der Waals surface area contributed by atoms with E-state index in [1.54, 1.807) is 24.3 Å². The maximum Gasteiger partial charge on any atom is 0.238 e. The van der Waals surface area contributed by atoms with Crippen LogP contribution in [0.3, 0.4) is 0 Å². The minimum Gasteiger partial charge on any atom is -0.491 e. The van der Waals surface area contributed by atoms with Gasteiger partial charge in [-0.3, -0.25) is 9.59 Å². The fourth-order valence-electron chi connectivity index (χ4n) is 1.39. The van der Waals surface area contributed by atoms with Crippen molar-refractivity contribution in [1.82, 2.24) is 5.32 Å². The van der Waals surface area contributed by atoms with Crippen molar-refractivity contribution >= 4 is 17.5 Å². The topological polar surface area (TPSA) is 93.4 Å². The zero-order valence-corrected chi connectivity index (χ0v) is 10.9. The molecule has 0 saturated carbocycles. The number of amides is 2. The molecule has 1 rings (SSSR count). The van der Waals surface area contributed by atoms with Crippen molar-refractivity contribution in [3.8, 4) is 5.75 Å². The summed E-state index contributed by atoms with van der Waals surface area (Å²) in [7, 11) is 0. The van der Waals surface area contributed by atoms with Gasteiger partial charge >= 0.3 is 0 Å². The molecule has 1 aromatic carbocycles. The summed E-state index contributed by atoms with van der Waals surface area (Å²) in [5, 5.41) is 5.67. The number of ether oxygens (including phenoxy) is 1. The second-order valence-corrected chi connectivity index (χ2v) is 3.89. The predicted octanol–water partition coefficient (Wildman–Crippen LogP) is 0.489. The van der Waals surface area contributed by atoms with Crippen LogP contribution in [-0.2, 0) is 9.59 Å². The van der Waals surface area contributed by atoms with E-state index in [4.69, 9.17) is 10.5 Å². The number of likely N-dealkylation sites (N-methyl/N-ethyl adjacent to an activating group) is 1. The highest BCUT2D eigenvalue weighted by Crippen LogP contribution is 2.23. The molecule has 0 unspecified atom stereocenters. The number of primary amides is 1. The average molecular weight is 265 g/mol. The van der Waals surface area contributed by atoms with Gasteiger partial charge in [0.05, 0.1) is 25.3 Å². The van der Waals surface area contributed by atoms with Crippen LogP contribution in [0, 0.1) is 0 Å². The fraction of sp³-hybridized carbons (Fsp3) is 0.385. The lowest BCUT2D eigenvalue weighted by molar-refractivity contribution is -0.118. The van der Waals surface area contributed by atoms with Crippen LogP contribution >= 0.6 is 0 Å². The lowest BCUT2D eigenvalue weighted by Crippen LogP contribution is -2.28. The molecule has 0 atom stereocenters. The van der Waals surface area contributed by atoms with Crippen LogP contribution in [0.25, 0.3) is 0 Å². The fourth-order valence-corrected chi connectivity index (χ4v) is 1.39. The Kier molecular flexibility index (Phi) is 6.38. The Morgan fingerprint density at radius 2 is 2.05 bits per heavy atom. The molecule has 4 N–H and O–H groups in total. The van der Waals surface area contributed by atoms with Gasteiger partial charge in [0.1, 0.15) is 5.75 Å². The van der Waals surface area contributed by atoms with Crippen molar-refractivity contribution in [2.75, 3.05) is 25.0 Å². The van der Waals surface area contributed by atoms with Crippen molar-refractivity contribution in [1.29, 1.82) is 0 Å². The van der Waals surface area contributed by atoms with Crippen molar-refractivity contribution in [3.63, 3.8) is 0 Å². The standard InChI is InChI=1S/C13H19N3O3/c1-2-15-9-13(18)16-10-5-3-4-6-11(10)19-8-7-12(14)17/h3-6,15H,2,7-9H2,1H3,(H2,14,17)(H,16,18). The maximum atomic E-state index is 11.6. The molecule has 0 aliphatic heterocycles. The summed E-state index contributed by atoms with van der Waals surface area (Å²) in [4.78, 5) is 22.2. The number of carbonyl (C=O) groups excluding carboxylic acids is 2. The Bertz CT molecular complexity index is 435. The Balaban J connectivity index is 2.57. The number of hydrogen-bond donors (Lipinski definition) is 3. The SMILES string of the molecule is CCNCC(=O)Nc1ccccc1OCCC(N)=O. The molecule has 0 radical (unpaired) electrons. The summed E-state index contributed by atoms with van der Waals surface area (Å²) < 4.78 is 5.42. The highest BCUT2D eigenvalue weighted by molar-refractivity contribution is 5.93. The smallest absolute Gasteiger partial charge is 0.238 e. The number of para-hydroxylation sites is 2. The van der Waals surface area contributed by atoms with Gasteiger partial charge in [-0.1, -0.05) is 19.1 Å². The molecular formula is C13H19N3O3. The minimum absolute atomic E-state index is 0.139. The van der Waals surface area contributed by atoms with E-state index in [1.165, 1.54) is 0 Å². The van der Waals surface area contributed by atoms with Gasteiger partial charge in [-0.15, -0.1) is 0 Å². The third-order valence-electron chi connectivity index (χ3n) is 2.30. The van der Waals surface area contributed by atoms with Crippen LogP contribution in [0.5, 0.6) is 5.75 Å². The Morgan fingerprint density at radius 1 is 1.32 bits per heavy atom. The second-order valence-electron chi connectivity index (χ2n) is 3.89. The van der Waals surface area contributed by atoms with Crippen molar-refractivity contribution in [2.45, 2.75) is 13.3 Å². The van der Waals surface area contributed by atoms with Crippen LogP contribution in [0.15, 0.2) is 24.3 Å². The zero-order chi connectivity index (χ0) is 14.1. The van der Waals surface area contributed by atoms with Crippen LogP contribution in [0.4, 0.5) is 5.69 Å². The van der Waals surface area contributed by atoms with Crippen molar-refractivity contribution < 1.29 is 14.3 Å². The van der Waals surface area contributed by atoms with Crippen molar-refractivity contribution in [2.24, 2.45) is 5.73 Å². The lowest BCUT2D eigenvalue weighted by Gasteiger charge is -2.12. The van der Waals surface area contributed by atoms with E-state index in [0.717, 1.165) is 6.54 Å². The summed E-state index contributed by atoms with van der Waals surface area (Å²) in [6.45, 7) is 3.08. The molecule has 0 saturated heterocycles. The first-order valence-electron chi connectivity index (χ1n) is 6.14. The number of benzene rings is 1. The van der Waals surface area contributed by atoms with E-state index in [1.807, 2.05) is 6.92 Å². The Morgan fingerprint density at radius 3 is 2.74 bits per heavy atom. The molecular weight excluding hydrogens is 246 g/mol. The van der Waals surface area contributed by atoms with Gasteiger partial charge in [0.25, 0.3) is 0 Å². The van der Waals surface area contributed by atoms with E-state index in [-0.39, 0.29) is 25.5 Å². The van der Waals surface area contributed by atoms with E-state index >= 15 is 0 Å². The number of nitrogens with two attached hydrogens (primary N) is 1. The van der Waals surface area contributed by atoms with Crippen LogP contribution in [0.1, 0.15) is 13.3 Å². The third-order valence-corrected chi connectivity index (χ3v) is 2.30. The average Bonchev–Trinajstić information content (AvgIpc) is 2.38. The van der Waals surface area contributed by atoms with Gasteiger partial charge in [-0.25, -0.2) is 0 Å². The Hall–Kier alpha value is -2.08. The van der Waals surface area contributed by atoms with Crippen LogP contribution in [-0.4, -0.2) is 31.5 Å². The molecule has 6 heteroatoms. The summed E-state index contributed by atoms with van der Waals surface area (Å²) in [6.07, 6.45) is 0.139. The molecule has 104 valence electrons. The van der Waals surface area contributed by atoms with Gasteiger partial charge < -0.3 is 21.1 Å². The normalized spacial score (nSPS) is 9.95. The summed E-state index contributed by atoms with van der Waals surface area (Å²) >= 11 is 0. The van der Waals surface area contributed by atoms with Gasteiger partial charge in [0.2, 0.25) is 11.8 Å². The van der Waals surface area contributed by atoms with Gasteiger partial charge in [-0.05, 0) is 18.7 Å². The summed E-state index contributed by atoms with van der Waals surface area (Å²) in [5.41, 5.74) is 5.61. The molecule has 0 spiro atoms. The highest BCUT2D eigenvalue weighted by atomic mass is 16.5. The Labute approximate surface area is 112 Å². The van der Waals surface area contributed by atoms with E-state index in [2.05, 4.69) is 10.6 Å². The second kappa shape index (κ2) is 8.10. The zero-order valence-electron chi connectivity index (χ0n) is 10.9. The first-order chi connectivity index (χ1) is 9.13. The number of anilines is 1. The number of nitrogens with one attached hydrogen (secondary N) is 2. The molecule has 0 aliphatic rings. The molecule has 1 aromatic rings. The summed E-state index contributed by atoms with van der Waals surface area (Å²) in [5.74, 6) is -0.0462. The largest absolute Gasteiger partial charge is 0.491 e. The van der Waals surface area contributed by atoms with Crippen LogP contribution < -0.4 is 21.1 Å². The molecule has 19 heavy (non-hydrogen) atoms. The van der Waals surface area contributed by atoms with E-state index in [9.17, 15) is 9.59 Å². The van der Waals surface area contributed by atoms with E-state index < -0.39 is 5.91 Å². The van der Waals surface area contributed by atoms with Crippen LogP contribution in [0.2, 0.25) is 0 Å². The minimum atomic E-state index is -0.423. The highest BCUT2D eigenvalue weighted by Gasteiger charge is 2.07. The number of rotatable bonds is 8. The number of hydrogen-bond acceptors (Lipinski definition) is 4. The van der Waals surface area contributed by atoms with E-state index in [0.29, 0.717) is 11.4 Å². The van der Waals surface area contributed by atoms with Gasteiger partial charge in [0.15, 0.2) is 0 Å². The first-order valence-corrected chi connectivity index (χ1v) is 6.14. The molecule has 0 fully saturated rings. The number of carbonyl (C=O) groups is 2. The quantitative estimate of drug-likeness (QED) is 0.637. The molecule has 0 aliphatic carbocycles. The molecule has 6 nitrogen and oxygen atoms in total. The predicted molar refractivity (Wildman–Crippen MR) is 72.9 cm³/mol.